The molecule has 3 N–H and O–H groups in total. The molecule has 7 nitrogen and oxygen atoms in total. The van der Waals surface area contributed by atoms with Crippen LogP contribution in [0.25, 0.3) is 0 Å². The number of nitrogens with two attached hydrogens (primary N) is 1. The molecule has 1 saturated heterocycles. The number of halogens is 1. The summed E-state index contributed by atoms with van der Waals surface area (Å²) in [6, 6.07) is -1.89. The third-order valence-corrected chi connectivity index (χ3v) is 4.01. The van der Waals surface area contributed by atoms with Crippen molar-refractivity contribution in [3.8, 4) is 0 Å². The van der Waals surface area contributed by atoms with Gasteiger partial charge in [-0.05, 0) is 26.7 Å². The van der Waals surface area contributed by atoms with Crippen LogP contribution in [0.1, 0.15) is 47.5 Å². The number of nitrogens with one attached hydrogen (secondary N) is 1. The summed E-state index contributed by atoms with van der Waals surface area (Å²) in [5, 5.41) is 2.55. The third-order valence-electron chi connectivity index (χ3n) is 4.01. The Morgan fingerprint density at radius 2 is 1.96 bits per heavy atom. The first-order chi connectivity index (χ1) is 11.0. The summed E-state index contributed by atoms with van der Waals surface area (Å²) in [6.45, 7) is 8.60. The molecule has 0 aromatic rings. The minimum atomic E-state index is -1.30. The number of rotatable bonds is 5. The number of hydrogen-bond acceptors (Lipinski definition) is 4. The molecule has 4 atom stereocenters. The van der Waals surface area contributed by atoms with Gasteiger partial charge in [0.2, 0.25) is 11.8 Å². The fraction of sp³-hybridized carbons (Fsp3) is 0.812. The van der Waals surface area contributed by atoms with Gasteiger partial charge in [-0.2, -0.15) is 0 Å². The molecule has 0 aliphatic carbocycles. The van der Waals surface area contributed by atoms with E-state index in [1.807, 2.05) is 6.92 Å². The molecular weight excluding hydrogens is 317 g/mol. The van der Waals surface area contributed by atoms with E-state index >= 15 is 0 Å². The highest BCUT2D eigenvalue weighted by Gasteiger charge is 2.42. The molecule has 0 spiro atoms. The van der Waals surface area contributed by atoms with Crippen molar-refractivity contribution in [3.05, 3.63) is 0 Å². The van der Waals surface area contributed by atoms with E-state index in [-0.39, 0.29) is 18.9 Å². The van der Waals surface area contributed by atoms with Crippen LogP contribution in [-0.4, -0.2) is 53.2 Å². The fourth-order valence-electron chi connectivity index (χ4n) is 2.59. The van der Waals surface area contributed by atoms with Gasteiger partial charge in [-0.15, -0.1) is 0 Å². The second-order valence-electron chi connectivity index (χ2n) is 7.25. The second-order valence-corrected chi connectivity index (χ2v) is 7.25. The lowest BCUT2D eigenvalue weighted by Gasteiger charge is -2.31. The summed E-state index contributed by atoms with van der Waals surface area (Å²) < 4.78 is 18.8. The largest absolute Gasteiger partial charge is 0.444 e. The van der Waals surface area contributed by atoms with Crippen molar-refractivity contribution in [2.24, 2.45) is 11.7 Å². The molecule has 1 fully saturated rings. The fourth-order valence-corrected chi connectivity index (χ4v) is 2.59. The van der Waals surface area contributed by atoms with E-state index in [2.05, 4.69) is 5.32 Å². The molecular formula is C16H28FN3O4. The molecule has 24 heavy (non-hydrogen) atoms. The Bertz CT molecular complexity index is 492. The number of hydrogen-bond donors (Lipinski definition) is 2. The van der Waals surface area contributed by atoms with Gasteiger partial charge in [0.15, 0.2) is 0 Å². The Balaban J connectivity index is 2.93. The van der Waals surface area contributed by atoms with Gasteiger partial charge in [-0.25, -0.2) is 9.18 Å². The number of carbonyl (C=O) groups excluding carboxylic acids is 3. The van der Waals surface area contributed by atoms with Crippen LogP contribution < -0.4 is 11.1 Å². The van der Waals surface area contributed by atoms with Crippen molar-refractivity contribution < 1.29 is 23.5 Å². The highest BCUT2D eigenvalue weighted by Crippen LogP contribution is 2.23. The third kappa shape index (κ3) is 5.35. The average Bonchev–Trinajstić information content (AvgIpc) is 2.83. The van der Waals surface area contributed by atoms with E-state index < -0.39 is 41.8 Å². The van der Waals surface area contributed by atoms with Gasteiger partial charge >= 0.3 is 6.09 Å². The molecule has 0 unspecified atom stereocenters. The van der Waals surface area contributed by atoms with Crippen LogP contribution in [0.4, 0.5) is 9.18 Å². The number of ether oxygens (including phenoxy) is 1. The van der Waals surface area contributed by atoms with Crippen molar-refractivity contribution >= 4 is 17.9 Å². The Hall–Kier alpha value is -1.86. The topological polar surface area (TPSA) is 102 Å². The molecule has 1 aliphatic heterocycles. The lowest BCUT2D eigenvalue weighted by Crippen LogP contribution is -2.55. The van der Waals surface area contributed by atoms with E-state index in [9.17, 15) is 18.8 Å². The van der Waals surface area contributed by atoms with Crippen LogP contribution in [0.5, 0.6) is 0 Å². The first-order valence-electron chi connectivity index (χ1n) is 8.19. The Kier molecular flexibility index (Phi) is 6.57. The first-order valence-corrected chi connectivity index (χ1v) is 8.19. The number of likely N-dealkylation sites (tertiary alicyclic amines) is 1. The monoisotopic (exact) mass is 345 g/mol. The molecule has 0 aromatic heterocycles. The average molecular weight is 345 g/mol. The number of primary amides is 1. The SMILES string of the molecule is CC[C@@H](C)[C@H](NC(=O)OC(C)(C)C)C(=O)N1C[C@@H](F)C[C@H]1C(N)=O. The maximum atomic E-state index is 13.7. The van der Waals surface area contributed by atoms with Crippen molar-refractivity contribution in [2.75, 3.05) is 6.54 Å². The predicted octanol–water partition coefficient (Wildman–Crippen LogP) is 1.35. The summed E-state index contributed by atoms with van der Waals surface area (Å²) in [4.78, 5) is 37.4. The van der Waals surface area contributed by atoms with Crippen LogP contribution in [0, 0.1) is 5.92 Å². The highest BCUT2D eigenvalue weighted by molar-refractivity contribution is 5.91. The normalized spacial score (nSPS) is 23.5. The highest BCUT2D eigenvalue weighted by atomic mass is 19.1. The quantitative estimate of drug-likeness (QED) is 0.785. The smallest absolute Gasteiger partial charge is 0.408 e. The van der Waals surface area contributed by atoms with Crippen LogP contribution in [0.2, 0.25) is 0 Å². The summed E-state index contributed by atoms with van der Waals surface area (Å²) in [7, 11) is 0. The summed E-state index contributed by atoms with van der Waals surface area (Å²) >= 11 is 0. The molecule has 0 radical (unpaired) electrons. The molecule has 0 aromatic carbocycles. The van der Waals surface area contributed by atoms with Crippen LogP contribution in [0.3, 0.4) is 0 Å². The number of alkyl halides is 1. The van der Waals surface area contributed by atoms with Gasteiger partial charge in [0.25, 0.3) is 0 Å². The van der Waals surface area contributed by atoms with Crippen LogP contribution >= 0.6 is 0 Å². The van der Waals surface area contributed by atoms with Gasteiger partial charge in [0.05, 0.1) is 6.54 Å². The van der Waals surface area contributed by atoms with Gasteiger partial charge in [0.1, 0.15) is 23.9 Å². The maximum Gasteiger partial charge on any atom is 0.408 e. The Labute approximate surface area is 142 Å². The number of nitrogens with zero attached hydrogens (tertiary/aromatic N) is 1. The predicted molar refractivity (Wildman–Crippen MR) is 86.8 cm³/mol. The van der Waals surface area contributed by atoms with Crippen molar-refractivity contribution in [1.82, 2.24) is 10.2 Å². The zero-order valence-electron chi connectivity index (χ0n) is 15.0. The van der Waals surface area contributed by atoms with E-state index in [0.717, 1.165) is 4.90 Å². The lowest BCUT2D eigenvalue weighted by molar-refractivity contribution is -0.140. The Morgan fingerprint density at radius 3 is 2.42 bits per heavy atom. The molecule has 1 aliphatic rings. The number of carbonyl (C=O) groups is 3. The van der Waals surface area contributed by atoms with Crippen LogP contribution in [-0.2, 0) is 14.3 Å². The van der Waals surface area contributed by atoms with Crippen LogP contribution in [0.15, 0.2) is 0 Å². The molecule has 3 amide bonds. The number of amides is 3. The van der Waals surface area contributed by atoms with E-state index in [1.54, 1.807) is 27.7 Å². The Morgan fingerprint density at radius 1 is 1.38 bits per heavy atom. The van der Waals surface area contributed by atoms with Crippen molar-refractivity contribution in [3.63, 3.8) is 0 Å². The van der Waals surface area contributed by atoms with Gasteiger partial charge in [-0.1, -0.05) is 20.3 Å². The minimum Gasteiger partial charge on any atom is -0.444 e. The summed E-state index contributed by atoms with van der Waals surface area (Å²) in [5.74, 6) is -1.47. The molecule has 8 heteroatoms. The van der Waals surface area contributed by atoms with Gasteiger partial charge in [-0.3, -0.25) is 9.59 Å². The van der Waals surface area contributed by atoms with Crippen molar-refractivity contribution in [2.45, 2.75) is 71.3 Å². The summed E-state index contributed by atoms with van der Waals surface area (Å²) in [6.07, 6.45) is -1.53. The number of alkyl carbamates (subject to hydrolysis) is 1. The second kappa shape index (κ2) is 7.81. The summed E-state index contributed by atoms with van der Waals surface area (Å²) in [5.41, 5.74) is 4.56. The standard InChI is InChI=1S/C16H28FN3O4/c1-6-9(2)12(19-15(23)24-16(3,4)5)14(22)20-8-10(17)7-11(20)13(18)21/h9-12H,6-8H2,1-5H3,(H2,18,21)(H,19,23)/t9-,10+,11+,12+/m1/s1. The lowest BCUT2D eigenvalue weighted by atomic mass is 9.97. The molecule has 1 rings (SSSR count). The minimum absolute atomic E-state index is 0.110. The van der Waals surface area contributed by atoms with E-state index in [0.29, 0.717) is 6.42 Å². The zero-order chi connectivity index (χ0) is 18.7. The van der Waals surface area contributed by atoms with Crippen molar-refractivity contribution in [1.29, 1.82) is 0 Å². The zero-order valence-corrected chi connectivity index (χ0v) is 15.0. The first kappa shape index (κ1) is 20.2. The van der Waals surface area contributed by atoms with E-state index in [4.69, 9.17) is 10.5 Å². The van der Waals surface area contributed by atoms with E-state index in [1.165, 1.54) is 0 Å². The molecule has 1 heterocycles. The van der Waals surface area contributed by atoms with Gasteiger partial charge < -0.3 is 20.7 Å². The maximum absolute atomic E-state index is 13.7. The van der Waals surface area contributed by atoms with Gasteiger partial charge in [0, 0.05) is 6.42 Å². The molecule has 0 saturated carbocycles. The molecule has 0 bridgehead atoms. The molecule has 138 valence electrons.